The Labute approximate surface area is 138 Å². The first-order chi connectivity index (χ1) is 11.3. The maximum Gasteiger partial charge on any atom is 0.471 e. The van der Waals surface area contributed by atoms with E-state index < -0.39 is 18.0 Å². The van der Waals surface area contributed by atoms with E-state index in [1.165, 1.54) is 0 Å². The zero-order valence-corrected chi connectivity index (χ0v) is 13.3. The minimum Gasteiger partial charge on any atom is -0.334 e. The van der Waals surface area contributed by atoms with Crippen molar-refractivity contribution < 1.29 is 22.8 Å². The van der Waals surface area contributed by atoms with Gasteiger partial charge in [-0.2, -0.15) is 13.2 Å². The van der Waals surface area contributed by atoms with E-state index >= 15 is 0 Å². The molecule has 1 aromatic carbocycles. The molecule has 0 aromatic heterocycles. The molecule has 3 rings (SSSR count). The van der Waals surface area contributed by atoms with Crippen LogP contribution in [-0.2, 0) is 16.0 Å². The lowest BCUT2D eigenvalue weighted by Crippen LogP contribution is -2.51. The highest BCUT2D eigenvalue weighted by molar-refractivity contribution is 5.98. The normalized spacial score (nSPS) is 24.0. The van der Waals surface area contributed by atoms with Gasteiger partial charge in [0.25, 0.3) is 0 Å². The molecule has 2 heterocycles. The van der Waals surface area contributed by atoms with Gasteiger partial charge in [0, 0.05) is 24.8 Å². The molecule has 0 radical (unpaired) electrons. The van der Waals surface area contributed by atoms with Gasteiger partial charge in [-0.15, -0.1) is 0 Å². The number of benzene rings is 1. The van der Waals surface area contributed by atoms with E-state index in [0.717, 1.165) is 22.6 Å². The highest BCUT2D eigenvalue weighted by Gasteiger charge is 2.45. The van der Waals surface area contributed by atoms with Gasteiger partial charge in [-0.25, -0.2) is 0 Å². The number of carbonyl (C=O) groups excluding carboxylic acids is 2. The van der Waals surface area contributed by atoms with Crippen molar-refractivity contribution in [3.63, 3.8) is 0 Å². The molecule has 0 bridgehead atoms. The smallest absolute Gasteiger partial charge is 0.334 e. The number of rotatable bonds is 1. The number of para-hydroxylation sites is 1. The van der Waals surface area contributed by atoms with Crippen LogP contribution in [0.25, 0.3) is 0 Å². The number of fused-ring (bicyclic) bond motifs is 1. The second-order valence-corrected chi connectivity index (χ2v) is 6.48. The van der Waals surface area contributed by atoms with Crippen molar-refractivity contribution in [2.45, 2.75) is 38.4 Å². The second-order valence-electron chi connectivity index (χ2n) is 6.48. The molecule has 24 heavy (non-hydrogen) atoms. The van der Waals surface area contributed by atoms with Gasteiger partial charge in [-0.05, 0) is 37.8 Å². The number of amides is 2. The predicted molar refractivity (Wildman–Crippen MR) is 82.5 cm³/mol. The van der Waals surface area contributed by atoms with Crippen molar-refractivity contribution in [2.75, 3.05) is 18.0 Å². The number of nitrogens with zero attached hydrogens (tertiary/aromatic N) is 2. The Morgan fingerprint density at radius 1 is 1.21 bits per heavy atom. The van der Waals surface area contributed by atoms with Crippen LogP contribution in [-0.4, -0.2) is 42.0 Å². The van der Waals surface area contributed by atoms with Crippen LogP contribution in [0.2, 0.25) is 0 Å². The first-order valence-electron chi connectivity index (χ1n) is 8.06. The topological polar surface area (TPSA) is 40.6 Å². The van der Waals surface area contributed by atoms with Crippen LogP contribution in [0.4, 0.5) is 18.9 Å². The maximum absolute atomic E-state index is 12.9. The highest BCUT2D eigenvalue weighted by atomic mass is 19.4. The van der Waals surface area contributed by atoms with Gasteiger partial charge in [-0.3, -0.25) is 9.59 Å². The highest BCUT2D eigenvalue weighted by Crippen LogP contribution is 2.34. The number of hydrogen-bond donors (Lipinski definition) is 0. The monoisotopic (exact) mass is 340 g/mol. The van der Waals surface area contributed by atoms with Crippen molar-refractivity contribution in [1.29, 1.82) is 0 Å². The summed E-state index contributed by atoms with van der Waals surface area (Å²) in [7, 11) is 0. The molecule has 2 unspecified atom stereocenters. The Kier molecular flexibility index (Phi) is 4.27. The number of halogens is 3. The fourth-order valence-corrected chi connectivity index (χ4v) is 3.64. The number of alkyl halides is 3. The van der Waals surface area contributed by atoms with Gasteiger partial charge < -0.3 is 9.80 Å². The number of anilines is 1. The molecule has 0 spiro atoms. The minimum atomic E-state index is -4.89. The van der Waals surface area contributed by atoms with E-state index in [9.17, 15) is 22.8 Å². The summed E-state index contributed by atoms with van der Waals surface area (Å²) in [5, 5.41) is 0. The predicted octanol–water partition coefficient (Wildman–Crippen LogP) is 2.77. The molecule has 130 valence electrons. The molecule has 2 amide bonds. The molecular formula is C17H19F3N2O2. The Morgan fingerprint density at radius 3 is 2.62 bits per heavy atom. The molecule has 1 aromatic rings. The van der Waals surface area contributed by atoms with Gasteiger partial charge >= 0.3 is 12.1 Å². The minimum absolute atomic E-state index is 0.0244. The average molecular weight is 340 g/mol. The van der Waals surface area contributed by atoms with Gasteiger partial charge in [0.05, 0.1) is 5.92 Å². The summed E-state index contributed by atoms with van der Waals surface area (Å²) < 4.78 is 37.9. The molecule has 0 aliphatic carbocycles. The SMILES string of the molecule is CC1Cc2ccccc2N1C(=O)C1CCCN(C(=O)C(F)(F)F)C1. The number of likely N-dealkylation sites (tertiary alicyclic amines) is 1. The van der Waals surface area contributed by atoms with Gasteiger partial charge in [0.2, 0.25) is 5.91 Å². The Balaban J connectivity index is 1.77. The van der Waals surface area contributed by atoms with Crippen LogP contribution in [0.3, 0.4) is 0 Å². The van der Waals surface area contributed by atoms with Crippen LogP contribution in [0.1, 0.15) is 25.3 Å². The van der Waals surface area contributed by atoms with Crippen molar-refractivity contribution >= 4 is 17.5 Å². The van der Waals surface area contributed by atoms with E-state index in [0.29, 0.717) is 12.8 Å². The third kappa shape index (κ3) is 2.99. The standard InChI is InChI=1S/C17H19F3N2O2/c1-11-9-12-5-2-3-7-14(12)22(11)15(23)13-6-4-8-21(10-13)16(24)17(18,19)20/h2-3,5,7,11,13H,4,6,8-10H2,1H3. The first kappa shape index (κ1) is 16.8. The summed E-state index contributed by atoms with van der Waals surface area (Å²) >= 11 is 0. The van der Waals surface area contributed by atoms with Crippen LogP contribution in [0.5, 0.6) is 0 Å². The zero-order valence-electron chi connectivity index (χ0n) is 13.3. The number of hydrogen-bond acceptors (Lipinski definition) is 2. The lowest BCUT2D eigenvalue weighted by Gasteiger charge is -2.35. The van der Waals surface area contributed by atoms with Crippen LogP contribution in [0, 0.1) is 5.92 Å². The molecule has 2 aliphatic rings. The molecule has 4 nitrogen and oxygen atoms in total. The summed E-state index contributed by atoms with van der Waals surface area (Å²) in [5.74, 6) is -2.62. The molecular weight excluding hydrogens is 321 g/mol. The van der Waals surface area contributed by atoms with E-state index in [2.05, 4.69) is 0 Å². The van der Waals surface area contributed by atoms with Crippen molar-refractivity contribution in [3.8, 4) is 0 Å². The summed E-state index contributed by atoms with van der Waals surface area (Å²) in [6, 6.07) is 7.54. The summed E-state index contributed by atoms with van der Waals surface area (Å²) in [6.07, 6.45) is -3.24. The zero-order chi connectivity index (χ0) is 17.5. The van der Waals surface area contributed by atoms with Crippen LogP contribution in [0.15, 0.2) is 24.3 Å². The first-order valence-corrected chi connectivity index (χ1v) is 8.06. The Morgan fingerprint density at radius 2 is 1.92 bits per heavy atom. The molecule has 7 heteroatoms. The average Bonchev–Trinajstić information content (AvgIpc) is 2.88. The fraction of sp³-hybridized carbons (Fsp3) is 0.529. The summed E-state index contributed by atoms with van der Waals surface area (Å²) in [6.45, 7) is 1.82. The largest absolute Gasteiger partial charge is 0.471 e. The summed E-state index contributed by atoms with van der Waals surface area (Å²) in [4.78, 5) is 26.8. The number of piperidine rings is 1. The molecule has 1 fully saturated rings. The lowest BCUT2D eigenvalue weighted by atomic mass is 9.96. The van der Waals surface area contributed by atoms with Crippen molar-refractivity contribution in [1.82, 2.24) is 4.90 Å². The maximum atomic E-state index is 12.9. The fourth-order valence-electron chi connectivity index (χ4n) is 3.64. The van der Waals surface area contributed by atoms with E-state index in [4.69, 9.17) is 0 Å². The summed E-state index contributed by atoms with van der Waals surface area (Å²) in [5.41, 5.74) is 1.90. The van der Waals surface area contributed by atoms with Crippen LogP contribution < -0.4 is 4.90 Å². The van der Waals surface area contributed by atoms with Gasteiger partial charge in [0.15, 0.2) is 0 Å². The Hall–Kier alpha value is -2.05. The Bertz CT molecular complexity index is 659. The van der Waals surface area contributed by atoms with Crippen LogP contribution >= 0.6 is 0 Å². The third-order valence-electron chi connectivity index (χ3n) is 4.75. The van der Waals surface area contributed by atoms with E-state index in [-0.39, 0.29) is 25.0 Å². The van der Waals surface area contributed by atoms with Gasteiger partial charge in [-0.1, -0.05) is 18.2 Å². The van der Waals surface area contributed by atoms with E-state index in [1.807, 2.05) is 31.2 Å². The molecule has 0 N–H and O–H groups in total. The lowest BCUT2D eigenvalue weighted by molar-refractivity contribution is -0.187. The number of carbonyl (C=O) groups is 2. The van der Waals surface area contributed by atoms with E-state index in [1.54, 1.807) is 4.90 Å². The quantitative estimate of drug-likeness (QED) is 0.789. The second kappa shape index (κ2) is 6.11. The van der Waals surface area contributed by atoms with Crippen molar-refractivity contribution in [2.24, 2.45) is 5.92 Å². The molecule has 2 aliphatic heterocycles. The molecule has 1 saturated heterocycles. The van der Waals surface area contributed by atoms with Gasteiger partial charge in [0.1, 0.15) is 0 Å². The van der Waals surface area contributed by atoms with Crippen molar-refractivity contribution in [3.05, 3.63) is 29.8 Å². The molecule has 2 atom stereocenters. The molecule has 0 saturated carbocycles. The third-order valence-corrected chi connectivity index (χ3v) is 4.75.